The number of nitrogens with one attached hydrogen (secondary N) is 2. The summed E-state index contributed by atoms with van der Waals surface area (Å²) >= 11 is 0. The first kappa shape index (κ1) is 14.0. The molecule has 1 rings (SSSR count). The van der Waals surface area contributed by atoms with Crippen molar-refractivity contribution >= 4 is 17.5 Å². The van der Waals surface area contributed by atoms with Gasteiger partial charge in [-0.1, -0.05) is 0 Å². The third-order valence-electron chi connectivity index (χ3n) is 2.57. The second-order valence-electron chi connectivity index (χ2n) is 4.55. The largest absolute Gasteiger partial charge is 0.385 e. The normalized spacial score (nSPS) is 10.8. The fraction of sp³-hybridized carbons (Fsp3) is 0.385. The molecule has 0 bridgehead atoms. The first-order chi connectivity index (χ1) is 8.36. The average Bonchev–Trinajstić information content (AvgIpc) is 2.29. The minimum atomic E-state index is -1.06. The summed E-state index contributed by atoms with van der Waals surface area (Å²) in [5, 5.41) is 5.72. The van der Waals surface area contributed by atoms with Gasteiger partial charge in [0.1, 0.15) is 5.54 Å². The van der Waals surface area contributed by atoms with Gasteiger partial charge in [-0.2, -0.15) is 0 Å². The van der Waals surface area contributed by atoms with Crippen molar-refractivity contribution < 1.29 is 9.59 Å². The summed E-state index contributed by atoms with van der Waals surface area (Å²) in [4.78, 5) is 23.0. The van der Waals surface area contributed by atoms with Crippen molar-refractivity contribution in [3.63, 3.8) is 0 Å². The van der Waals surface area contributed by atoms with Crippen LogP contribution in [0.3, 0.4) is 0 Å². The SMILES string of the molecule is CCNc1ccc(C(=O)NC(C)(C)C(N)=O)cc1. The van der Waals surface area contributed by atoms with Gasteiger partial charge in [0.15, 0.2) is 0 Å². The summed E-state index contributed by atoms with van der Waals surface area (Å²) in [6.45, 7) is 5.96. The molecule has 18 heavy (non-hydrogen) atoms. The Morgan fingerprint density at radius 3 is 2.22 bits per heavy atom. The van der Waals surface area contributed by atoms with Gasteiger partial charge in [0.25, 0.3) is 5.91 Å². The van der Waals surface area contributed by atoms with E-state index in [0.29, 0.717) is 5.56 Å². The van der Waals surface area contributed by atoms with Crippen molar-refractivity contribution in [1.29, 1.82) is 0 Å². The van der Waals surface area contributed by atoms with Crippen LogP contribution in [-0.4, -0.2) is 23.9 Å². The molecule has 0 fully saturated rings. The van der Waals surface area contributed by atoms with Gasteiger partial charge in [0, 0.05) is 17.8 Å². The second kappa shape index (κ2) is 5.53. The number of hydrogen-bond donors (Lipinski definition) is 3. The van der Waals surface area contributed by atoms with Crippen LogP contribution in [0.2, 0.25) is 0 Å². The first-order valence-electron chi connectivity index (χ1n) is 5.83. The molecule has 0 saturated heterocycles. The van der Waals surface area contributed by atoms with Crippen LogP contribution >= 0.6 is 0 Å². The van der Waals surface area contributed by atoms with Crippen LogP contribution in [0.25, 0.3) is 0 Å². The molecule has 98 valence electrons. The zero-order valence-corrected chi connectivity index (χ0v) is 10.9. The number of amides is 2. The molecule has 0 spiro atoms. The predicted octanol–water partition coefficient (Wildman–Crippen LogP) is 1.11. The fourth-order valence-electron chi connectivity index (χ4n) is 1.36. The molecule has 0 aliphatic heterocycles. The Labute approximate surface area is 107 Å². The Morgan fingerprint density at radius 1 is 1.22 bits per heavy atom. The quantitative estimate of drug-likeness (QED) is 0.731. The number of hydrogen-bond acceptors (Lipinski definition) is 3. The van der Waals surface area contributed by atoms with E-state index in [1.165, 1.54) is 0 Å². The van der Waals surface area contributed by atoms with Gasteiger partial charge in [-0.05, 0) is 45.0 Å². The van der Waals surface area contributed by atoms with Gasteiger partial charge >= 0.3 is 0 Å². The molecule has 0 aromatic heterocycles. The molecule has 1 aromatic rings. The van der Waals surface area contributed by atoms with E-state index in [9.17, 15) is 9.59 Å². The number of primary amides is 1. The molecule has 1 aromatic carbocycles. The lowest BCUT2D eigenvalue weighted by Gasteiger charge is -2.22. The van der Waals surface area contributed by atoms with Crippen molar-refractivity contribution in [3.05, 3.63) is 29.8 Å². The Kier molecular flexibility index (Phi) is 4.31. The molecule has 0 radical (unpaired) electrons. The Hall–Kier alpha value is -2.04. The lowest BCUT2D eigenvalue weighted by atomic mass is 10.0. The number of carbonyl (C=O) groups excluding carboxylic acids is 2. The highest BCUT2D eigenvalue weighted by atomic mass is 16.2. The molecular weight excluding hydrogens is 230 g/mol. The maximum absolute atomic E-state index is 11.9. The van der Waals surface area contributed by atoms with Crippen molar-refractivity contribution in [1.82, 2.24) is 5.32 Å². The monoisotopic (exact) mass is 249 g/mol. The fourth-order valence-corrected chi connectivity index (χ4v) is 1.36. The Morgan fingerprint density at radius 2 is 1.78 bits per heavy atom. The van der Waals surface area contributed by atoms with E-state index in [4.69, 9.17) is 5.73 Å². The summed E-state index contributed by atoms with van der Waals surface area (Å²) in [6.07, 6.45) is 0. The van der Waals surface area contributed by atoms with Crippen LogP contribution in [0.5, 0.6) is 0 Å². The minimum absolute atomic E-state index is 0.318. The molecule has 2 amide bonds. The molecule has 0 atom stereocenters. The lowest BCUT2D eigenvalue weighted by Crippen LogP contribution is -2.52. The van der Waals surface area contributed by atoms with Gasteiger partial charge < -0.3 is 16.4 Å². The van der Waals surface area contributed by atoms with Crippen LogP contribution in [-0.2, 0) is 4.79 Å². The highest BCUT2D eigenvalue weighted by Crippen LogP contribution is 2.10. The van der Waals surface area contributed by atoms with Crippen molar-refractivity contribution in [3.8, 4) is 0 Å². The van der Waals surface area contributed by atoms with E-state index in [1.54, 1.807) is 26.0 Å². The summed E-state index contributed by atoms with van der Waals surface area (Å²) < 4.78 is 0. The number of benzene rings is 1. The third kappa shape index (κ3) is 3.48. The summed E-state index contributed by atoms with van der Waals surface area (Å²) in [6, 6.07) is 7.03. The second-order valence-corrected chi connectivity index (χ2v) is 4.55. The number of nitrogens with two attached hydrogens (primary N) is 1. The zero-order chi connectivity index (χ0) is 13.8. The average molecular weight is 249 g/mol. The molecule has 5 heteroatoms. The molecule has 0 heterocycles. The Balaban J connectivity index is 2.76. The van der Waals surface area contributed by atoms with Crippen LogP contribution in [0.4, 0.5) is 5.69 Å². The van der Waals surface area contributed by atoms with Crippen molar-refractivity contribution in [2.45, 2.75) is 26.3 Å². The molecular formula is C13H19N3O2. The standard InChI is InChI=1S/C13H19N3O2/c1-4-15-10-7-5-9(6-8-10)11(17)16-13(2,3)12(14)18/h5-8,15H,4H2,1-3H3,(H2,14,18)(H,16,17). The number of rotatable bonds is 5. The molecule has 0 unspecified atom stereocenters. The third-order valence-corrected chi connectivity index (χ3v) is 2.57. The molecule has 0 aliphatic carbocycles. The highest BCUT2D eigenvalue weighted by molar-refractivity contribution is 5.98. The smallest absolute Gasteiger partial charge is 0.252 e. The van der Waals surface area contributed by atoms with E-state index in [-0.39, 0.29) is 5.91 Å². The van der Waals surface area contributed by atoms with E-state index >= 15 is 0 Å². The van der Waals surface area contributed by atoms with Crippen LogP contribution < -0.4 is 16.4 Å². The van der Waals surface area contributed by atoms with Crippen LogP contribution in [0, 0.1) is 0 Å². The van der Waals surface area contributed by atoms with E-state index in [0.717, 1.165) is 12.2 Å². The number of anilines is 1. The molecule has 0 saturated carbocycles. The van der Waals surface area contributed by atoms with Gasteiger partial charge in [-0.15, -0.1) is 0 Å². The summed E-state index contributed by atoms with van der Waals surface area (Å²) in [5.74, 6) is -0.887. The minimum Gasteiger partial charge on any atom is -0.385 e. The van der Waals surface area contributed by atoms with Crippen molar-refractivity contribution in [2.75, 3.05) is 11.9 Å². The topological polar surface area (TPSA) is 84.2 Å². The molecule has 0 aliphatic rings. The van der Waals surface area contributed by atoms with Crippen molar-refractivity contribution in [2.24, 2.45) is 5.73 Å². The van der Waals surface area contributed by atoms with Gasteiger partial charge in [0.2, 0.25) is 5.91 Å². The Bertz CT molecular complexity index is 438. The van der Waals surface area contributed by atoms with E-state index < -0.39 is 11.4 Å². The maximum atomic E-state index is 11.9. The first-order valence-corrected chi connectivity index (χ1v) is 5.83. The summed E-state index contributed by atoms with van der Waals surface area (Å²) in [7, 11) is 0. The van der Waals surface area contributed by atoms with Gasteiger partial charge in [-0.3, -0.25) is 9.59 Å². The molecule has 4 N–H and O–H groups in total. The maximum Gasteiger partial charge on any atom is 0.252 e. The lowest BCUT2D eigenvalue weighted by molar-refractivity contribution is -0.122. The zero-order valence-electron chi connectivity index (χ0n) is 10.9. The highest BCUT2D eigenvalue weighted by Gasteiger charge is 2.27. The van der Waals surface area contributed by atoms with Crippen LogP contribution in [0.15, 0.2) is 24.3 Å². The van der Waals surface area contributed by atoms with E-state index in [2.05, 4.69) is 10.6 Å². The predicted molar refractivity (Wildman–Crippen MR) is 71.3 cm³/mol. The van der Waals surface area contributed by atoms with Gasteiger partial charge in [0.05, 0.1) is 0 Å². The summed E-state index contributed by atoms with van der Waals surface area (Å²) in [5.41, 5.74) is 5.58. The number of carbonyl (C=O) groups is 2. The van der Waals surface area contributed by atoms with Crippen LogP contribution in [0.1, 0.15) is 31.1 Å². The van der Waals surface area contributed by atoms with E-state index in [1.807, 2.05) is 19.1 Å². The van der Waals surface area contributed by atoms with Gasteiger partial charge in [-0.25, -0.2) is 0 Å². The molecule has 5 nitrogen and oxygen atoms in total.